The maximum absolute atomic E-state index is 12.6. The van der Waals surface area contributed by atoms with Crippen LogP contribution in [0.15, 0.2) is 65.6 Å². The standard InChI is InChI=1S/C20H19ClN2O3S/c1-13-11-17(21)8-10-19(13)22-20(24)14(2)23-27(25,26)18-9-7-15-5-3-4-6-16(15)12-18/h3-12,14,23H,1-2H3,(H,22,24)/t14-/m1/s1. The molecule has 3 rings (SSSR count). The second-order valence-corrected chi connectivity index (χ2v) is 8.45. The molecule has 0 bridgehead atoms. The summed E-state index contributed by atoms with van der Waals surface area (Å²) in [6, 6.07) is 16.5. The summed E-state index contributed by atoms with van der Waals surface area (Å²) in [5.41, 5.74) is 1.38. The number of amides is 1. The van der Waals surface area contributed by atoms with E-state index in [0.717, 1.165) is 16.3 Å². The molecule has 3 aromatic rings. The van der Waals surface area contributed by atoms with E-state index in [1.54, 1.807) is 30.3 Å². The first-order chi connectivity index (χ1) is 12.8. The van der Waals surface area contributed by atoms with E-state index in [9.17, 15) is 13.2 Å². The Hall–Kier alpha value is -2.41. The lowest BCUT2D eigenvalue weighted by Crippen LogP contribution is -2.41. The number of fused-ring (bicyclic) bond motifs is 1. The summed E-state index contributed by atoms with van der Waals surface area (Å²) in [6.45, 7) is 3.31. The van der Waals surface area contributed by atoms with Crippen molar-refractivity contribution in [3.05, 3.63) is 71.2 Å². The maximum atomic E-state index is 12.6. The second kappa shape index (κ2) is 7.68. The number of aryl methyl sites for hydroxylation is 1. The molecule has 140 valence electrons. The minimum absolute atomic E-state index is 0.114. The quantitative estimate of drug-likeness (QED) is 0.674. The van der Waals surface area contributed by atoms with Gasteiger partial charge in [-0.05, 0) is 60.5 Å². The number of sulfonamides is 1. The zero-order valence-corrected chi connectivity index (χ0v) is 16.4. The molecular weight excluding hydrogens is 384 g/mol. The highest BCUT2D eigenvalue weighted by Crippen LogP contribution is 2.21. The van der Waals surface area contributed by atoms with Gasteiger partial charge in [-0.25, -0.2) is 8.42 Å². The average Bonchev–Trinajstić information content (AvgIpc) is 2.63. The van der Waals surface area contributed by atoms with Crippen LogP contribution < -0.4 is 10.0 Å². The van der Waals surface area contributed by atoms with Gasteiger partial charge in [0.25, 0.3) is 0 Å². The van der Waals surface area contributed by atoms with Crippen LogP contribution in [0, 0.1) is 6.92 Å². The van der Waals surface area contributed by atoms with Crippen LogP contribution in [0.5, 0.6) is 0 Å². The summed E-state index contributed by atoms with van der Waals surface area (Å²) in [6.07, 6.45) is 0. The van der Waals surface area contributed by atoms with Gasteiger partial charge in [-0.2, -0.15) is 4.72 Å². The van der Waals surface area contributed by atoms with Gasteiger partial charge in [-0.3, -0.25) is 4.79 Å². The lowest BCUT2D eigenvalue weighted by atomic mass is 10.1. The van der Waals surface area contributed by atoms with Crippen LogP contribution >= 0.6 is 11.6 Å². The van der Waals surface area contributed by atoms with Crippen molar-refractivity contribution in [2.45, 2.75) is 24.8 Å². The van der Waals surface area contributed by atoms with E-state index in [0.29, 0.717) is 10.7 Å². The molecule has 7 heteroatoms. The first kappa shape index (κ1) is 19.4. The van der Waals surface area contributed by atoms with Crippen LogP contribution in [-0.4, -0.2) is 20.4 Å². The number of hydrogen-bond donors (Lipinski definition) is 2. The Kier molecular flexibility index (Phi) is 5.51. The van der Waals surface area contributed by atoms with Gasteiger partial charge < -0.3 is 5.32 Å². The largest absolute Gasteiger partial charge is 0.324 e. The Balaban J connectivity index is 1.76. The van der Waals surface area contributed by atoms with Crippen molar-refractivity contribution in [1.82, 2.24) is 4.72 Å². The first-order valence-corrected chi connectivity index (χ1v) is 10.2. The fourth-order valence-corrected chi connectivity index (χ4v) is 4.16. The normalized spacial score (nSPS) is 12.7. The molecule has 5 nitrogen and oxygen atoms in total. The highest BCUT2D eigenvalue weighted by Gasteiger charge is 2.22. The Bertz CT molecular complexity index is 1110. The van der Waals surface area contributed by atoms with Gasteiger partial charge in [0.05, 0.1) is 10.9 Å². The van der Waals surface area contributed by atoms with Crippen LogP contribution in [-0.2, 0) is 14.8 Å². The van der Waals surface area contributed by atoms with Crippen LogP contribution in [0.4, 0.5) is 5.69 Å². The Morgan fingerprint density at radius 2 is 1.70 bits per heavy atom. The molecule has 0 heterocycles. The van der Waals surface area contributed by atoms with Crippen molar-refractivity contribution in [2.24, 2.45) is 0 Å². The van der Waals surface area contributed by atoms with Crippen molar-refractivity contribution in [2.75, 3.05) is 5.32 Å². The van der Waals surface area contributed by atoms with Gasteiger partial charge in [0.2, 0.25) is 15.9 Å². The topological polar surface area (TPSA) is 75.3 Å². The van der Waals surface area contributed by atoms with E-state index in [4.69, 9.17) is 11.6 Å². The van der Waals surface area contributed by atoms with Crippen molar-refractivity contribution in [1.29, 1.82) is 0 Å². The number of benzene rings is 3. The molecule has 1 amide bonds. The second-order valence-electron chi connectivity index (χ2n) is 6.30. The average molecular weight is 403 g/mol. The van der Waals surface area contributed by atoms with Crippen molar-refractivity contribution in [3.8, 4) is 0 Å². The molecule has 0 saturated carbocycles. The number of halogens is 1. The van der Waals surface area contributed by atoms with E-state index >= 15 is 0 Å². The smallest absolute Gasteiger partial charge is 0.242 e. The van der Waals surface area contributed by atoms with Crippen molar-refractivity contribution in [3.63, 3.8) is 0 Å². The van der Waals surface area contributed by atoms with Gasteiger partial charge in [0.1, 0.15) is 0 Å². The molecule has 0 fully saturated rings. The number of anilines is 1. The summed E-state index contributed by atoms with van der Waals surface area (Å²) in [5, 5.41) is 5.04. The Labute approximate surface area is 163 Å². The number of carbonyl (C=O) groups excluding carboxylic acids is 1. The molecule has 0 radical (unpaired) electrons. The number of hydrogen-bond acceptors (Lipinski definition) is 3. The van der Waals surface area contributed by atoms with E-state index in [1.165, 1.54) is 13.0 Å². The maximum Gasteiger partial charge on any atom is 0.242 e. The number of rotatable bonds is 5. The summed E-state index contributed by atoms with van der Waals surface area (Å²) in [5.74, 6) is -0.454. The van der Waals surface area contributed by atoms with E-state index in [-0.39, 0.29) is 4.90 Å². The van der Waals surface area contributed by atoms with E-state index < -0.39 is 22.0 Å². The SMILES string of the molecule is Cc1cc(Cl)ccc1NC(=O)[C@@H](C)NS(=O)(=O)c1ccc2ccccc2c1. The molecule has 27 heavy (non-hydrogen) atoms. The molecular formula is C20H19ClN2O3S. The van der Waals surface area contributed by atoms with Gasteiger partial charge in [0, 0.05) is 10.7 Å². The zero-order chi connectivity index (χ0) is 19.6. The van der Waals surface area contributed by atoms with Crippen LogP contribution in [0.3, 0.4) is 0 Å². The Morgan fingerprint density at radius 1 is 1.00 bits per heavy atom. The lowest BCUT2D eigenvalue weighted by Gasteiger charge is -2.16. The minimum atomic E-state index is -3.84. The van der Waals surface area contributed by atoms with Gasteiger partial charge in [-0.15, -0.1) is 0 Å². The van der Waals surface area contributed by atoms with Gasteiger partial charge in [-0.1, -0.05) is 41.9 Å². The lowest BCUT2D eigenvalue weighted by molar-refractivity contribution is -0.117. The molecule has 0 spiro atoms. The summed E-state index contributed by atoms with van der Waals surface area (Å²) in [4.78, 5) is 12.5. The molecule has 2 N–H and O–H groups in total. The predicted octanol–water partition coefficient (Wildman–Crippen LogP) is 4.11. The van der Waals surface area contributed by atoms with Crippen LogP contribution in [0.1, 0.15) is 12.5 Å². The number of carbonyl (C=O) groups is 1. The van der Waals surface area contributed by atoms with E-state index in [2.05, 4.69) is 10.0 Å². The van der Waals surface area contributed by atoms with E-state index in [1.807, 2.05) is 31.2 Å². The molecule has 3 aromatic carbocycles. The fourth-order valence-electron chi connectivity index (χ4n) is 2.70. The number of nitrogens with one attached hydrogen (secondary N) is 2. The molecule has 1 atom stereocenters. The molecule has 0 unspecified atom stereocenters. The molecule has 0 saturated heterocycles. The molecule has 0 aromatic heterocycles. The predicted molar refractivity (Wildman–Crippen MR) is 109 cm³/mol. The third-order valence-electron chi connectivity index (χ3n) is 4.20. The van der Waals surface area contributed by atoms with Crippen molar-refractivity contribution >= 4 is 44.0 Å². The van der Waals surface area contributed by atoms with Crippen LogP contribution in [0.2, 0.25) is 5.02 Å². The van der Waals surface area contributed by atoms with Gasteiger partial charge >= 0.3 is 0 Å². The third-order valence-corrected chi connectivity index (χ3v) is 5.98. The summed E-state index contributed by atoms with van der Waals surface area (Å²) < 4.78 is 27.7. The summed E-state index contributed by atoms with van der Waals surface area (Å²) >= 11 is 5.91. The monoisotopic (exact) mass is 402 g/mol. The zero-order valence-electron chi connectivity index (χ0n) is 14.9. The molecule has 0 aliphatic carbocycles. The first-order valence-electron chi connectivity index (χ1n) is 8.34. The highest BCUT2D eigenvalue weighted by molar-refractivity contribution is 7.89. The minimum Gasteiger partial charge on any atom is -0.324 e. The Morgan fingerprint density at radius 3 is 2.41 bits per heavy atom. The molecule has 0 aliphatic heterocycles. The molecule has 0 aliphatic rings. The highest BCUT2D eigenvalue weighted by atomic mass is 35.5. The van der Waals surface area contributed by atoms with Crippen molar-refractivity contribution < 1.29 is 13.2 Å². The van der Waals surface area contributed by atoms with Crippen LogP contribution in [0.25, 0.3) is 10.8 Å². The summed E-state index contributed by atoms with van der Waals surface area (Å²) in [7, 11) is -3.84. The van der Waals surface area contributed by atoms with Gasteiger partial charge in [0.15, 0.2) is 0 Å². The third kappa shape index (κ3) is 4.47. The fraction of sp³-hybridized carbons (Fsp3) is 0.150.